The molecule has 0 spiro atoms. The predicted molar refractivity (Wildman–Crippen MR) is 153 cm³/mol. The number of allylic oxidation sites excluding steroid dienone is 1. The van der Waals surface area contributed by atoms with E-state index in [1.165, 1.54) is 51.4 Å². The average molecular weight is 524 g/mol. The molecule has 1 heterocycles. The smallest absolute Gasteiger partial charge is 0.323 e. The van der Waals surface area contributed by atoms with Gasteiger partial charge in [-0.05, 0) is 91.3 Å². The first-order valence-electron chi connectivity index (χ1n) is 15.7. The largest absolute Gasteiger partial charge is 0.461 e. The van der Waals surface area contributed by atoms with Crippen molar-refractivity contribution in [1.29, 1.82) is 0 Å². The maximum Gasteiger partial charge on any atom is 0.323 e. The summed E-state index contributed by atoms with van der Waals surface area (Å²) in [5.41, 5.74) is 9.39. The summed E-state index contributed by atoms with van der Waals surface area (Å²) in [6.45, 7) is 12.5. The summed E-state index contributed by atoms with van der Waals surface area (Å²) in [6.07, 6.45) is 20.4. The molecule has 1 unspecified atom stereocenters. The Balaban J connectivity index is 1.21. The van der Waals surface area contributed by atoms with Gasteiger partial charge in [-0.1, -0.05) is 65.5 Å². The van der Waals surface area contributed by atoms with Gasteiger partial charge in [-0.15, -0.1) is 0 Å². The van der Waals surface area contributed by atoms with Crippen LogP contribution < -0.4 is 5.73 Å². The molecule has 0 aromatic carbocycles. The van der Waals surface area contributed by atoms with Crippen LogP contribution in [-0.4, -0.2) is 28.1 Å². The number of aromatic nitrogens is 2. The molecule has 1 aromatic rings. The highest BCUT2D eigenvalue weighted by Crippen LogP contribution is 2.67. The van der Waals surface area contributed by atoms with Crippen molar-refractivity contribution in [3.63, 3.8) is 0 Å². The summed E-state index contributed by atoms with van der Waals surface area (Å²) in [4.78, 5) is 19.8. The van der Waals surface area contributed by atoms with E-state index in [2.05, 4.69) is 50.7 Å². The van der Waals surface area contributed by atoms with Crippen molar-refractivity contribution in [2.45, 2.75) is 124 Å². The first-order chi connectivity index (χ1) is 18.1. The zero-order chi connectivity index (χ0) is 27.1. The molecule has 212 valence electrons. The van der Waals surface area contributed by atoms with Gasteiger partial charge in [-0.2, -0.15) is 0 Å². The minimum absolute atomic E-state index is 0.0393. The minimum Gasteiger partial charge on any atom is -0.461 e. The number of hydrogen-bond donors (Lipinski definition) is 2. The van der Waals surface area contributed by atoms with E-state index in [9.17, 15) is 4.79 Å². The number of carbonyl (C=O) groups is 1. The van der Waals surface area contributed by atoms with Crippen LogP contribution in [0.1, 0.15) is 111 Å². The Morgan fingerprint density at radius 1 is 1.13 bits per heavy atom. The molecule has 0 aliphatic heterocycles. The third kappa shape index (κ3) is 5.25. The van der Waals surface area contributed by atoms with Crippen molar-refractivity contribution in [1.82, 2.24) is 9.97 Å². The molecule has 0 amide bonds. The average Bonchev–Trinajstić information content (AvgIpc) is 3.51. The van der Waals surface area contributed by atoms with Crippen LogP contribution in [0.3, 0.4) is 0 Å². The number of nitrogens with one attached hydrogen (secondary N) is 1. The number of imidazole rings is 1. The Hall–Kier alpha value is -1.62. The Kier molecular flexibility index (Phi) is 8.16. The van der Waals surface area contributed by atoms with Gasteiger partial charge in [0.2, 0.25) is 0 Å². The van der Waals surface area contributed by atoms with Gasteiger partial charge in [0, 0.05) is 24.7 Å². The van der Waals surface area contributed by atoms with E-state index in [4.69, 9.17) is 10.5 Å². The lowest BCUT2D eigenvalue weighted by molar-refractivity contribution is -0.153. The van der Waals surface area contributed by atoms with Gasteiger partial charge < -0.3 is 15.5 Å². The van der Waals surface area contributed by atoms with E-state index < -0.39 is 6.04 Å². The molecule has 1 aromatic heterocycles. The van der Waals surface area contributed by atoms with E-state index in [0.29, 0.717) is 11.8 Å². The standard InChI is InChI=1S/C33H53N3O2/c1-21(2)7-6-8-22(3)27-11-12-28-26-10-9-23-17-25(38-31(37)30(34)18-24-19-35-20-36-24)13-15-32(23,4)29(26)14-16-33(27,28)5/h9,19-22,25-30H,6-8,10-18,34H2,1-5H3,(H,35,36)/t22-,25+,26+,27-,28+,29+,30?,32+,33-/m1/s1. The van der Waals surface area contributed by atoms with Crippen molar-refractivity contribution < 1.29 is 9.53 Å². The monoisotopic (exact) mass is 523 g/mol. The highest BCUT2D eigenvalue weighted by Gasteiger charge is 2.59. The lowest BCUT2D eigenvalue weighted by atomic mass is 9.47. The molecular weight excluding hydrogens is 470 g/mol. The number of hydrogen-bond acceptors (Lipinski definition) is 4. The lowest BCUT2D eigenvalue weighted by Gasteiger charge is -2.58. The summed E-state index contributed by atoms with van der Waals surface area (Å²) >= 11 is 0. The number of ether oxygens (including phenoxy) is 1. The number of H-pyrrole nitrogens is 1. The maximum atomic E-state index is 12.7. The van der Waals surface area contributed by atoms with Crippen LogP contribution in [0.4, 0.5) is 0 Å². The van der Waals surface area contributed by atoms with Crippen LogP contribution in [-0.2, 0) is 16.0 Å². The molecule has 3 saturated carbocycles. The van der Waals surface area contributed by atoms with Gasteiger partial charge in [0.15, 0.2) is 0 Å². The molecule has 5 nitrogen and oxygen atoms in total. The fourth-order valence-electron chi connectivity index (χ4n) is 9.72. The number of fused-ring (bicyclic) bond motifs is 5. The Labute approximate surface area is 231 Å². The summed E-state index contributed by atoms with van der Waals surface area (Å²) in [7, 11) is 0. The molecule has 4 aliphatic rings. The second kappa shape index (κ2) is 11.1. The molecule has 4 aliphatic carbocycles. The Bertz CT molecular complexity index is 986. The zero-order valence-corrected chi connectivity index (χ0v) is 24.7. The first kappa shape index (κ1) is 27.9. The third-order valence-electron chi connectivity index (χ3n) is 11.8. The lowest BCUT2D eigenvalue weighted by Crippen LogP contribution is -2.51. The summed E-state index contributed by atoms with van der Waals surface area (Å²) < 4.78 is 5.97. The first-order valence-corrected chi connectivity index (χ1v) is 15.7. The van der Waals surface area contributed by atoms with Crippen LogP contribution >= 0.6 is 0 Å². The van der Waals surface area contributed by atoms with Gasteiger partial charge in [-0.25, -0.2) is 4.98 Å². The van der Waals surface area contributed by atoms with Crippen molar-refractivity contribution in [3.8, 4) is 0 Å². The highest BCUT2D eigenvalue weighted by atomic mass is 16.5. The van der Waals surface area contributed by atoms with Crippen LogP contribution in [0.5, 0.6) is 0 Å². The topological polar surface area (TPSA) is 81.0 Å². The van der Waals surface area contributed by atoms with Gasteiger partial charge in [0.05, 0.1) is 6.33 Å². The molecule has 5 heteroatoms. The van der Waals surface area contributed by atoms with E-state index in [0.717, 1.165) is 60.5 Å². The molecule has 5 rings (SSSR count). The van der Waals surface area contributed by atoms with Crippen molar-refractivity contribution >= 4 is 5.97 Å². The molecule has 0 bridgehead atoms. The molecule has 3 N–H and O–H groups in total. The highest BCUT2D eigenvalue weighted by molar-refractivity contribution is 5.76. The van der Waals surface area contributed by atoms with Crippen molar-refractivity contribution in [3.05, 3.63) is 29.9 Å². The molecule has 0 radical (unpaired) electrons. The van der Waals surface area contributed by atoms with Gasteiger partial charge in [0.25, 0.3) is 0 Å². The van der Waals surface area contributed by atoms with Crippen LogP contribution in [0.2, 0.25) is 0 Å². The van der Waals surface area contributed by atoms with E-state index in [-0.39, 0.29) is 17.5 Å². The second-order valence-electron chi connectivity index (χ2n) is 14.5. The Morgan fingerprint density at radius 2 is 1.95 bits per heavy atom. The SMILES string of the molecule is CC(C)CCC[C@@H](C)[C@H]1CC[C@H]2[C@@H]3CC=C4C[C@@H](OC(=O)C(N)Cc5cnc[nH]5)CC[C@]4(C)[C@H]3CC[C@]12C. The fraction of sp³-hybridized carbons (Fsp3) is 0.818. The van der Waals surface area contributed by atoms with E-state index in [1.807, 2.05) is 0 Å². The van der Waals surface area contributed by atoms with E-state index >= 15 is 0 Å². The maximum absolute atomic E-state index is 12.7. The molecule has 9 atom stereocenters. The van der Waals surface area contributed by atoms with Gasteiger partial charge >= 0.3 is 5.97 Å². The zero-order valence-electron chi connectivity index (χ0n) is 24.7. The van der Waals surface area contributed by atoms with Crippen molar-refractivity contribution in [2.75, 3.05) is 0 Å². The number of aromatic amines is 1. The number of rotatable bonds is 9. The summed E-state index contributed by atoms with van der Waals surface area (Å²) in [5.74, 6) is 4.80. The number of esters is 1. The number of nitrogens with two attached hydrogens (primary N) is 1. The summed E-state index contributed by atoms with van der Waals surface area (Å²) in [5, 5.41) is 0. The second-order valence-corrected chi connectivity index (χ2v) is 14.5. The molecular formula is C33H53N3O2. The van der Waals surface area contributed by atoms with E-state index in [1.54, 1.807) is 18.1 Å². The summed E-state index contributed by atoms with van der Waals surface area (Å²) in [6, 6.07) is -0.646. The van der Waals surface area contributed by atoms with Crippen LogP contribution in [0.15, 0.2) is 24.2 Å². The fourth-order valence-corrected chi connectivity index (χ4v) is 9.72. The van der Waals surface area contributed by atoms with Crippen LogP contribution in [0, 0.1) is 46.3 Å². The minimum atomic E-state index is -0.646. The molecule has 0 saturated heterocycles. The number of carbonyl (C=O) groups excluding carboxylic acids is 1. The molecule has 38 heavy (non-hydrogen) atoms. The van der Waals surface area contributed by atoms with Gasteiger partial charge in [-0.3, -0.25) is 4.79 Å². The third-order valence-corrected chi connectivity index (χ3v) is 11.8. The van der Waals surface area contributed by atoms with Crippen molar-refractivity contribution in [2.24, 2.45) is 52.1 Å². The molecule has 3 fully saturated rings. The Morgan fingerprint density at radius 3 is 2.68 bits per heavy atom. The predicted octanol–water partition coefficient (Wildman–Crippen LogP) is 7.23. The normalized spacial score (nSPS) is 38.1. The number of nitrogens with zero attached hydrogens (tertiary/aromatic N) is 1. The van der Waals surface area contributed by atoms with Crippen LogP contribution in [0.25, 0.3) is 0 Å². The quantitative estimate of drug-likeness (QED) is 0.264. The van der Waals surface area contributed by atoms with Gasteiger partial charge in [0.1, 0.15) is 12.1 Å².